The van der Waals surface area contributed by atoms with E-state index in [9.17, 15) is 23.3 Å². The maximum absolute atomic E-state index is 12.6. The minimum Gasteiger partial charge on any atom is -0.353 e. The fourth-order valence-electron chi connectivity index (χ4n) is 2.66. The van der Waals surface area contributed by atoms with E-state index < -0.39 is 16.7 Å². The van der Waals surface area contributed by atoms with Crippen LogP contribution in [0.2, 0.25) is 0 Å². The van der Waals surface area contributed by atoms with Crippen molar-refractivity contribution in [2.45, 2.75) is 6.18 Å². The lowest BCUT2D eigenvalue weighted by Gasteiger charge is -2.35. The molecule has 0 spiro atoms. The van der Waals surface area contributed by atoms with Crippen LogP contribution in [0, 0.1) is 10.1 Å². The quantitative estimate of drug-likeness (QED) is 0.624. The molecule has 10 heteroatoms. The Morgan fingerprint density at radius 3 is 2.28 bits per heavy atom. The van der Waals surface area contributed by atoms with Gasteiger partial charge < -0.3 is 9.80 Å². The third-order valence-electron chi connectivity index (χ3n) is 3.94. The van der Waals surface area contributed by atoms with Gasteiger partial charge in [0.2, 0.25) is 5.82 Å². The highest BCUT2D eigenvalue weighted by atomic mass is 19.4. The van der Waals surface area contributed by atoms with Gasteiger partial charge in [0.25, 0.3) is 0 Å². The lowest BCUT2D eigenvalue weighted by molar-refractivity contribution is -0.384. The molecule has 1 fully saturated rings. The molecule has 132 valence electrons. The van der Waals surface area contributed by atoms with Gasteiger partial charge in [0.15, 0.2) is 0 Å². The number of hydrogen-bond donors (Lipinski definition) is 0. The van der Waals surface area contributed by atoms with E-state index >= 15 is 0 Å². The highest BCUT2D eigenvalue weighted by Gasteiger charge is 2.31. The number of aromatic nitrogens is 2. The third-order valence-corrected chi connectivity index (χ3v) is 3.94. The van der Waals surface area contributed by atoms with Gasteiger partial charge in [-0.25, -0.2) is 9.97 Å². The molecule has 1 saturated heterocycles. The van der Waals surface area contributed by atoms with Crippen molar-refractivity contribution in [3.05, 3.63) is 52.3 Å². The monoisotopic (exact) mass is 353 g/mol. The molecule has 0 amide bonds. The van der Waals surface area contributed by atoms with Crippen molar-refractivity contribution in [2.75, 3.05) is 36.0 Å². The van der Waals surface area contributed by atoms with E-state index in [-0.39, 0.29) is 5.69 Å². The van der Waals surface area contributed by atoms with Crippen LogP contribution in [0.5, 0.6) is 0 Å². The van der Waals surface area contributed by atoms with Gasteiger partial charge in [0.1, 0.15) is 5.82 Å². The van der Waals surface area contributed by atoms with Gasteiger partial charge >= 0.3 is 11.9 Å². The highest BCUT2D eigenvalue weighted by molar-refractivity contribution is 5.58. The Bertz CT molecular complexity index is 759. The van der Waals surface area contributed by atoms with Crippen LogP contribution in [0.3, 0.4) is 0 Å². The lowest BCUT2D eigenvalue weighted by Crippen LogP contribution is -2.47. The average molecular weight is 353 g/mol. The second kappa shape index (κ2) is 6.54. The normalized spacial score (nSPS) is 15.3. The Morgan fingerprint density at radius 2 is 1.72 bits per heavy atom. The van der Waals surface area contributed by atoms with Gasteiger partial charge in [-0.2, -0.15) is 13.2 Å². The molecule has 7 nitrogen and oxygen atoms in total. The molecule has 0 aromatic carbocycles. The summed E-state index contributed by atoms with van der Waals surface area (Å²) in [7, 11) is 0. The molecule has 0 aliphatic carbocycles. The summed E-state index contributed by atoms with van der Waals surface area (Å²) in [6, 6.07) is 5.23. The van der Waals surface area contributed by atoms with Crippen LogP contribution in [0.1, 0.15) is 5.56 Å². The molecular weight excluding hydrogens is 339 g/mol. The second-order valence-electron chi connectivity index (χ2n) is 5.48. The summed E-state index contributed by atoms with van der Waals surface area (Å²) >= 11 is 0. The molecule has 3 heterocycles. The minimum atomic E-state index is -4.41. The molecule has 1 aliphatic rings. The van der Waals surface area contributed by atoms with Crippen LogP contribution < -0.4 is 9.80 Å². The minimum absolute atomic E-state index is 0.0661. The summed E-state index contributed by atoms with van der Waals surface area (Å²) in [5, 5.41) is 11.1. The van der Waals surface area contributed by atoms with Crippen molar-refractivity contribution in [2.24, 2.45) is 0 Å². The first kappa shape index (κ1) is 16.9. The van der Waals surface area contributed by atoms with Crippen molar-refractivity contribution in [3.8, 4) is 0 Å². The van der Waals surface area contributed by atoms with Crippen LogP contribution in [-0.4, -0.2) is 41.1 Å². The van der Waals surface area contributed by atoms with E-state index in [1.165, 1.54) is 24.4 Å². The number of piperazine rings is 1. The number of hydrogen-bond acceptors (Lipinski definition) is 6. The Hall–Kier alpha value is -2.91. The number of halogens is 3. The van der Waals surface area contributed by atoms with Crippen LogP contribution in [0.15, 0.2) is 36.7 Å². The largest absolute Gasteiger partial charge is 0.417 e. The SMILES string of the molecule is O=[N+]([O-])c1cccnc1N1CCN(c2ccc(C(F)(F)F)cn2)CC1. The van der Waals surface area contributed by atoms with E-state index in [4.69, 9.17) is 0 Å². The molecule has 3 rings (SSSR count). The first-order valence-electron chi connectivity index (χ1n) is 7.49. The Morgan fingerprint density at radius 1 is 1.04 bits per heavy atom. The smallest absolute Gasteiger partial charge is 0.353 e. The number of pyridine rings is 2. The fraction of sp³-hybridized carbons (Fsp3) is 0.333. The predicted octanol–water partition coefficient (Wildman–Crippen LogP) is 2.73. The zero-order valence-corrected chi connectivity index (χ0v) is 13.0. The lowest BCUT2D eigenvalue weighted by atomic mass is 10.2. The summed E-state index contributed by atoms with van der Waals surface area (Å²) < 4.78 is 37.7. The van der Waals surface area contributed by atoms with E-state index in [0.29, 0.717) is 37.8 Å². The molecule has 25 heavy (non-hydrogen) atoms. The fourth-order valence-corrected chi connectivity index (χ4v) is 2.66. The molecule has 0 saturated carbocycles. The van der Waals surface area contributed by atoms with Gasteiger partial charge in [-0.3, -0.25) is 10.1 Å². The van der Waals surface area contributed by atoms with E-state index in [2.05, 4.69) is 9.97 Å². The molecule has 0 unspecified atom stereocenters. The zero-order valence-electron chi connectivity index (χ0n) is 13.0. The first-order valence-corrected chi connectivity index (χ1v) is 7.49. The number of anilines is 2. The average Bonchev–Trinajstić information content (AvgIpc) is 2.61. The van der Waals surface area contributed by atoms with Crippen LogP contribution in [0.25, 0.3) is 0 Å². The molecule has 2 aromatic rings. The van der Waals surface area contributed by atoms with E-state index in [1.54, 1.807) is 4.90 Å². The van der Waals surface area contributed by atoms with Gasteiger partial charge in [-0.1, -0.05) is 0 Å². The predicted molar refractivity (Wildman–Crippen MR) is 84.6 cm³/mol. The topological polar surface area (TPSA) is 75.4 Å². The van der Waals surface area contributed by atoms with Crippen LogP contribution in [-0.2, 0) is 6.18 Å². The van der Waals surface area contributed by atoms with Crippen LogP contribution >= 0.6 is 0 Å². The maximum Gasteiger partial charge on any atom is 0.417 e. The van der Waals surface area contributed by atoms with Crippen molar-refractivity contribution in [1.82, 2.24) is 9.97 Å². The molecule has 0 N–H and O–H groups in total. The zero-order chi connectivity index (χ0) is 18.0. The number of alkyl halides is 3. The van der Waals surface area contributed by atoms with Gasteiger partial charge in [0.05, 0.1) is 10.5 Å². The summed E-state index contributed by atoms with van der Waals surface area (Å²) in [5.41, 5.74) is -0.859. The van der Waals surface area contributed by atoms with Gasteiger partial charge in [-0.05, 0) is 18.2 Å². The van der Waals surface area contributed by atoms with Crippen molar-refractivity contribution >= 4 is 17.3 Å². The standard InChI is InChI=1S/C15H14F3N5O2/c16-15(17,18)11-3-4-13(20-10-11)21-6-8-22(9-7-21)14-12(23(24)25)2-1-5-19-14/h1-5,10H,6-9H2. The number of nitrogens with zero attached hydrogens (tertiary/aromatic N) is 5. The number of nitro groups is 1. The van der Waals surface area contributed by atoms with Gasteiger partial charge in [0, 0.05) is 44.6 Å². The highest BCUT2D eigenvalue weighted by Crippen LogP contribution is 2.30. The second-order valence-corrected chi connectivity index (χ2v) is 5.48. The van der Waals surface area contributed by atoms with Crippen molar-refractivity contribution in [3.63, 3.8) is 0 Å². The molecule has 0 radical (unpaired) electrons. The maximum atomic E-state index is 12.6. The van der Waals surface area contributed by atoms with E-state index in [1.807, 2.05) is 4.90 Å². The summed E-state index contributed by atoms with van der Waals surface area (Å²) in [6.07, 6.45) is -2.11. The van der Waals surface area contributed by atoms with Crippen molar-refractivity contribution < 1.29 is 18.1 Å². The first-order chi connectivity index (χ1) is 11.9. The molecule has 1 aliphatic heterocycles. The van der Waals surface area contributed by atoms with Crippen LogP contribution in [0.4, 0.5) is 30.5 Å². The molecule has 0 bridgehead atoms. The third kappa shape index (κ3) is 3.62. The van der Waals surface area contributed by atoms with Gasteiger partial charge in [-0.15, -0.1) is 0 Å². The van der Waals surface area contributed by atoms with E-state index in [0.717, 1.165) is 12.3 Å². The Balaban J connectivity index is 1.69. The summed E-state index contributed by atoms with van der Waals surface area (Å²) in [5.74, 6) is 0.746. The summed E-state index contributed by atoms with van der Waals surface area (Å²) in [4.78, 5) is 22.2. The molecule has 0 atom stereocenters. The molecule has 2 aromatic heterocycles. The summed E-state index contributed by atoms with van der Waals surface area (Å²) in [6.45, 7) is 1.87. The number of rotatable bonds is 3. The molecular formula is C15H14F3N5O2. The van der Waals surface area contributed by atoms with Crippen molar-refractivity contribution in [1.29, 1.82) is 0 Å². The Kier molecular flexibility index (Phi) is 4.43. The Labute approximate surface area is 140 Å².